The van der Waals surface area contributed by atoms with Gasteiger partial charge in [-0.25, -0.2) is 0 Å². The Balaban J connectivity index is 0.00000220. The molecule has 0 aromatic heterocycles. The van der Waals surface area contributed by atoms with Crippen molar-refractivity contribution in [1.82, 2.24) is 9.80 Å². The SMILES string of the molecule is CN1CCN(C(=O)c2cc(N)cc(C(F)(F)F)c2)CC1.Cl. The standard InChI is InChI=1S/C13H16F3N3O.ClH/c1-18-2-4-19(5-3-18)12(20)9-6-10(13(14,15)16)8-11(17)7-9;/h6-8H,2-5,17H2,1H3;1H. The van der Waals surface area contributed by atoms with Crippen molar-refractivity contribution in [3.8, 4) is 0 Å². The van der Waals surface area contributed by atoms with Crippen molar-refractivity contribution in [2.24, 2.45) is 0 Å². The van der Waals surface area contributed by atoms with Crippen LogP contribution < -0.4 is 5.73 Å². The smallest absolute Gasteiger partial charge is 0.399 e. The number of nitrogens with two attached hydrogens (primary N) is 1. The number of carbonyl (C=O) groups excluding carboxylic acids is 1. The molecular formula is C13H17ClF3N3O. The molecule has 1 aromatic rings. The molecule has 4 nitrogen and oxygen atoms in total. The molecule has 0 spiro atoms. The monoisotopic (exact) mass is 323 g/mol. The molecule has 0 bridgehead atoms. The number of nitrogen functional groups attached to an aromatic ring is 1. The third kappa shape index (κ3) is 4.25. The first-order valence-corrected chi connectivity index (χ1v) is 6.23. The highest BCUT2D eigenvalue weighted by atomic mass is 35.5. The summed E-state index contributed by atoms with van der Waals surface area (Å²) in [7, 11) is 1.93. The van der Waals surface area contributed by atoms with Gasteiger partial charge in [-0.3, -0.25) is 4.79 Å². The molecule has 1 saturated heterocycles. The van der Waals surface area contributed by atoms with E-state index in [0.717, 1.165) is 12.1 Å². The van der Waals surface area contributed by atoms with Gasteiger partial charge in [0.05, 0.1) is 5.56 Å². The van der Waals surface area contributed by atoms with Crippen LogP contribution in [0.3, 0.4) is 0 Å². The highest BCUT2D eigenvalue weighted by Gasteiger charge is 2.32. The Kier molecular flexibility index (Phi) is 5.47. The number of alkyl halides is 3. The zero-order valence-corrected chi connectivity index (χ0v) is 12.3. The van der Waals surface area contributed by atoms with Gasteiger partial charge in [-0.05, 0) is 25.2 Å². The number of anilines is 1. The molecule has 2 N–H and O–H groups in total. The second kappa shape index (κ2) is 6.53. The van der Waals surface area contributed by atoms with Crippen molar-refractivity contribution in [2.75, 3.05) is 39.0 Å². The third-order valence-corrected chi connectivity index (χ3v) is 3.32. The van der Waals surface area contributed by atoms with E-state index < -0.39 is 17.6 Å². The molecule has 0 atom stereocenters. The van der Waals surface area contributed by atoms with E-state index in [-0.39, 0.29) is 23.7 Å². The molecule has 0 aliphatic carbocycles. The van der Waals surface area contributed by atoms with Gasteiger partial charge in [0.15, 0.2) is 0 Å². The Morgan fingerprint density at radius 2 is 1.71 bits per heavy atom. The maximum absolute atomic E-state index is 12.7. The van der Waals surface area contributed by atoms with Crippen LogP contribution in [0.4, 0.5) is 18.9 Å². The van der Waals surface area contributed by atoms with Gasteiger partial charge in [0, 0.05) is 37.4 Å². The summed E-state index contributed by atoms with van der Waals surface area (Å²) in [6.45, 7) is 2.43. The summed E-state index contributed by atoms with van der Waals surface area (Å²) >= 11 is 0. The van der Waals surface area contributed by atoms with Crippen molar-refractivity contribution in [2.45, 2.75) is 6.18 Å². The highest BCUT2D eigenvalue weighted by molar-refractivity contribution is 5.95. The summed E-state index contributed by atoms with van der Waals surface area (Å²) in [4.78, 5) is 15.8. The zero-order chi connectivity index (χ0) is 14.9. The van der Waals surface area contributed by atoms with Crippen LogP contribution in [0.1, 0.15) is 15.9 Å². The number of hydrogen-bond acceptors (Lipinski definition) is 3. The quantitative estimate of drug-likeness (QED) is 0.805. The lowest BCUT2D eigenvalue weighted by atomic mass is 10.1. The van der Waals surface area contributed by atoms with E-state index >= 15 is 0 Å². The fourth-order valence-electron chi connectivity index (χ4n) is 2.13. The first kappa shape index (κ1) is 17.6. The van der Waals surface area contributed by atoms with Crippen molar-refractivity contribution in [1.29, 1.82) is 0 Å². The second-order valence-electron chi connectivity index (χ2n) is 4.94. The first-order valence-electron chi connectivity index (χ1n) is 6.23. The molecule has 1 aliphatic heterocycles. The lowest BCUT2D eigenvalue weighted by Crippen LogP contribution is -2.47. The van der Waals surface area contributed by atoms with Crippen LogP contribution in [0.2, 0.25) is 0 Å². The number of halogens is 4. The maximum atomic E-state index is 12.7. The number of rotatable bonds is 1. The van der Waals surface area contributed by atoms with Gasteiger partial charge in [-0.15, -0.1) is 12.4 Å². The van der Waals surface area contributed by atoms with E-state index in [1.54, 1.807) is 4.90 Å². The number of hydrogen-bond donors (Lipinski definition) is 1. The molecule has 1 amide bonds. The Labute approximate surface area is 127 Å². The minimum Gasteiger partial charge on any atom is -0.399 e. The summed E-state index contributed by atoms with van der Waals surface area (Å²) in [5.41, 5.74) is 4.50. The molecule has 0 unspecified atom stereocenters. The average molecular weight is 324 g/mol. The first-order chi connectivity index (χ1) is 9.27. The minimum absolute atomic E-state index is 0. The van der Waals surface area contributed by atoms with Crippen LogP contribution in [0.5, 0.6) is 0 Å². The lowest BCUT2D eigenvalue weighted by Gasteiger charge is -2.32. The van der Waals surface area contributed by atoms with Gasteiger partial charge in [0.25, 0.3) is 5.91 Å². The third-order valence-electron chi connectivity index (χ3n) is 3.32. The van der Waals surface area contributed by atoms with E-state index in [1.807, 2.05) is 7.05 Å². The van der Waals surface area contributed by atoms with E-state index in [0.29, 0.717) is 26.2 Å². The summed E-state index contributed by atoms with van der Waals surface area (Å²) < 4.78 is 38.2. The molecule has 1 fully saturated rings. The lowest BCUT2D eigenvalue weighted by molar-refractivity contribution is -0.137. The largest absolute Gasteiger partial charge is 0.416 e. The summed E-state index contributed by atoms with van der Waals surface area (Å²) in [5, 5.41) is 0. The van der Waals surface area contributed by atoms with Crippen LogP contribution in [0.25, 0.3) is 0 Å². The number of amides is 1. The topological polar surface area (TPSA) is 49.6 Å². The number of nitrogens with zero attached hydrogens (tertiary/aromatic N) is 2. The fraction of sp³-hybridized carbons (Fsp3) is 0.462. The Morgan fingerprint density at radius 3 is 2.24 bits per heavy atom. The average Bonchev–Trinajstić information content (AvgIpc) is 2.37. The number of piperazine rings is 1. The van der Waals surface area contributed by atoms with Crippen molar-refractivity contribution in [3.05, 3.63) is 29.3 Å². The fourth-order valence-corrected chi connectivity index (χ4v) is 2.13. The van der Waals surface area contributed by atoms with Gasteiger partial charge in [0.2, 0.25) is 0 Å². The van der Waals surface area contributed by atoms with Gasteiger partial charge >= 0.3 is 6.18 Å². The van der Waals surface area contributed by atoms with Gasteiger partial charge < -0.3 is 15.5 Å². The maximum Gasteiger partial charge on any atom is 0.416 e. The van der Waals surface area contributed by atoms with Crippen LogP contribution in [-0.2, 0) is 6.18 Å². The minimum atomic E-state index is -4.51. The van der Waals surface area contributed by atoms with E-state index in [9.17, 15) is 18.0 Å². The predicted octanol–water partition coefficient (Wildman–Crippen LogP) is 2.10. The van der Waals surface area contributed by atoms with Gasteiger partial charge in [-0.2, -0.15) is 13.2 Å². The van der Waals surface area contributed by atoms with E-state index in [2.05, 4.69) is 4.90 Å². The number of benzene rings is 1. The highest BCUT2D eigenvalue weighted by Crippen LogP contribution is 2.31. The molecular weight excluding hydrogens is 307 g/mol. The Morgan fingerprint density at radius 1 is 1.14 bits per heavy atom. The van der Waals surface area contributed by atoms with Gasteiger partial charge in [-0.1, -0.05) is 0 Å². The number of likely N-dealkylation sites (N-methyl/N-ethyl adjacent to an activating group) is 1. The van der Waals surface area contributed by atoms with Crippen molar-refractivity contribution in [3.63, 3.8) is 0 Å². The van der Waals surface area contributed by atoms with Crippen LogP contribution >= 0.6 is 12.4 Å². The summed E-state index contributed by atoms with van der Waals surface area (Å²) in [6.07, 6.45) is -4.51. The predicted molar refractivity (Wildman–Crippen MR) is 76.5 cm³/mol. The Hall–Kier alpha value is -1.47. The molecule has 1 aliphatic rings. The number of carbonyl (C=O) groups is 1. The van der Waals surface area contributed by atoms with Crippen LogP contribution in [-0.4, -0.2) is 48.9 Å². The molecule has 8 heteroatoms. The zero-order valence-electron chi connectivity index (χ0n) is 11.5. The van der Waals surface area contributed by atoms with Gasteiger partial charge in [0.1, 0.15) is 0 Å². The Bertz CT molecular complexity index is 514. The molecule has 0 radical (unpaired) electrons. The normalized spacial score (nSPS) is 16.5. The van der Waals surface area contributed by atoms with Crippen molar-refractivity contribution < 1.29 is 18.0 Å². The molecule has 118 valence electrons. The summed E-state index contributed by atoms with van der Waals surface area (Å²) in [5.74, 6) is -0.407. The summed E-state index contributed by atoms with van der Waals surface area (Å²) in [6, 6.07) is 2.98. The van der Waals surface area contributed by atoms with Crippen LogP contribution in [0, 0.1) is 0 Å². The van der Waals surface area contributed by atoms with Crippen molar-refractivity contribution >= 4 is 24.0 Å². The molecule has 0 saturated carbocycles. The molecule has 1 heterocycles. The van der Waals surface area contributed by atoms with Crippen LogP contribution in [0.15, 0.2) is 18.2 Å². The van der Waals surface area contributed by atoms with E-state index in [4.69, 9.17) is 5.73 Å². The second-order valence-corrected chi connectivity index (χ2v) is 4.94. The molecule has 2 rings (SSSR count). The van der Waals surface area contributed by atoms with E-state index in [1.165, 1.54) is 6.07 Å². The molecule has 21 heavy (non-hydrogen) atoms. The molecule has 1 aromatic carbocycles.